The molecular weight excluding hydrogens is 909 g/mol. The van der Waals surface area contributed by atoms with Gasteiger partial charge in [-0.25, -0.2) is 0 Å². The molecular formula is C63H126N4O6. The van der Waals surface area contributed by atoms with E-state index in [1.54, 1.807) is 4.90 Å². The SMILES string of the molecule is CCCCCCCCC(C)CN(CCCCC1NC(=O)C(CCCCN(CC(O)CCCCCCCC)CC(O)CCCCCCCC)N(CC(O)CCCCCCCC)C1=O)CC(O)CCCCCCCC. The maximum Gasteiger partial charge on any atom is 0.245 e. The summed E-state index contributed by atoms with van der Waals surface area (Å²) >= 11 is 0. The molecule has 10 heteroatoms. The number of nitrogens with one attached hydrogen (secondary N) is 1. The average Bonchev–Trinajstić information content (AvgIpc) is 3.36. The van der Waals surface area contributed by atoms with E-state index in [-0.39, 0.29) is 24.5 Å². The van der Waals surface area contributed by atoms with Crippen LogP contribution in [0.15, 0.2) is 0 Å². The van der Waals surface area contributed by atoms with Gasteiger partial charge in [0.15, 0.2) is 0 Å². The van der Waals surface area contributed by atoms with Crippen LogP contribution in [0.2, 0.25) is 0 Å². The topological polar surface area (TPSA) is 137 Å². The fraction of sp³-hybridized carbons (Fsp3) is 0.968. The minimum Gasteiger partial charge on any atom is -0.392 e. The molecule has 7 unspecified atom stereocenters. The zero-order valence-electron chi connectivity index (χ0n) is 49.4. The van der Waals surface area contributed by atoms with Crippen LogP contribution >= 0.6 is 0 Å². The zero-order valence-corrected chi connectivity index (χ0v) is 49.4. The van der Waals surface area contributed by atoms with Gasteiger partial charge in [0, 0.05) is 32.7 Å². The number of nitrogens with zero attached hydrogens (tertiary/aromatic N) is 3. The van der Waals surface area contributed by atoms with Crippen molar-refractivity contribution in [2.24, 2.45) is 5.92 Å². The second-order valence-corrected chi connectivity index (χ2v) is 23.6. The molecule has 5 N–H and O–H groups in total. The van der Waals surface area contributed by atoms with Gasteiger partial charge in [-0.15, -0.1) is 0 Å². The summed E-state index contributed by atoms with van der Waals surface area (Å²) in [5.74, 6) is 0.383. The van der Waals surface area contributed by atoms with Gasteiger partial charge in [-0.05, 0) is 89.6 Å². The van der Waals surface area contributed by atoms with E-state index < -0.39 is 30.4 Å². The van der Waals surface area contributed by atoms with Crippen LogP contribution in [0, 0.1) is 5.92 Å². The van der Waals surface area contributed by atoms with Crippen molar-refractivity contribution < 1.29 is 30.0 Å². The molecule has 73 heavy (non-hydrogen) atoms. The average molecular weight is 1040 g/mol. The highest BCUT2D eigenvalue weighted by atomic mass is 16.3. The van der Waals surface area contributed by atoms with Crippen molar-refractivity contribution in [1.82, 2.24) is 20.0 Å². The number of hydrogen-bond donors (Lipinski definition) is 5. The molecule has 7 atom stereocenters. The molecule has 1 aliphatic rings. The highest BCUT2D eigenvalue weighted by Gasteiger charge is 2.40. The van der Waals surface area contributed by atoms with Gasteiger partial charge in [0.1, 0.15) is 12.1 Å². The molecule has 0 saturated carbocycles. The van der Waals surface area contributed by atoms with E-state index in [9.17, 15) is 30.0 Å². The Balaban J connectivity index is 3.01. The summed E-state index contributed by atoms with van der Waals surface area (Å²) in [6.45, 7) is 18.1. The molecule has 1 fully saturated rings. The van der Waals surface area contributed by atoms with Crippen LogP contribution < -0.4 is 5.32 Å². The molecule has 10 nitrogen and oxygen atoms in total. The number of aliphatic hydroxyl groups excluding tert-OH is 4. The molecule has 0 radical (unpaired) electrons. The molecule has 0 aliphatic carbocycles. The molecule has 2 amide bonds. The molecule has 1 rings (SSSR count). The minimum absolute atomic E-state index is 0.0670. The predicted octanol–water partition coefficient (Wildman–Crippen LogP) is 14.5. The van der Waals surface area contributed by atoms with E-state index in [1.165, 1.54) is 148 Å². The second-order valence-electron chi connectivity index (χ2n) is 23.6. The summed E-state index contributed by atoms with van der Waals surface area (Å²) in [6, 6.07) is -1.22. The van der Waals surface area contributed by atoms with Crippen molar-refractivity contribution in [3.8, 4) is 0 Å². The summed E-state index contributed by atoms with van der Waals surface area (Å²) in [4.78, 5) is 35.0. The molecule has 0 aromatic rings. The lowest BCUT2D eigenvalue weighted by Gasteiger charge is -2.40. The van der Waals surface area contributed by atoms with E-state index in [0.717, 1.165) is 116 Å². The third kappa shape index (κ3) is 38.8. The minimum atomic E-state index is -0.671. The number of piperazine rings is 1. The van der Waals surface area contributed by atoms with E-state index in [4.69, 9.17) is 0 Å². The number of β-amino-alcohol motifs (C(OH)–C–C–N with tert-alkyl or cyclic N) is 1. The number of aliphatic hydroxyl groups is 4. The molecule has 1 aliphatic heterocycles. The lowest BCUT2D eigenvalue weighted by atomic mass is 9.97. The van der Waals surface area contributed by atoms with Crippen molar-refractivity contribution in [2.75, 3.05) is 45.8 Å². The number of amides is 2. The monoisotopic (exact) mass is 1030 g/mol. The Morgan fingerprint density at radius 1 is 0.411 bits per heavy atom. The number of unbranched alkanes of at least 4 members (excludes halogenated alkanes) is 27. The fourth-order valence-corrected chi connectivity index (χ4v) is 11.3. The van der Waals surface area contributed by atoms with Crippen molar-refractivity contribution in [2.45, 2.75) is 341 Å². The van der Waals surface area contributed by atoms with Gasteiger partial charge >= 0.3 is 0 Å². The van der Waals surface area contributed by atoms with E-state index in [2.05, 4.69) is 56.7 Å². The molecule has 0 aromatic carbocycles. The largest absolute Gasteiger partial charge is 0.392 e. The zero-order chi connectivity index (χ0) is 53.6. The van der Waals surface area contributed by atoms with Crippen LogP contribution in [-0.4, -0.2) is 129 Å². The van der Waals surface area contributed by atoms with Gasteiger partial charge < -0.3 is 35.5 Å². The Labute approximate surface area is 453 Å². The Morgan fingerprint density at radius 2 is 0.740 bits per heavy atom. The van der Waals surface area contributed by atoms with E-state index in [0.29, 0.717) is 44.8 Å². The smallest absolute Gasteiger partial charge is 0.245 e. The second kappa shape index (κ2) is 49.0. The fourth-order valence-electron chi connectivity index (χ4n) is 11.3. The van der Waals surface area contributed by atoms with Crippen LogP contribution in [0.1, 0.15) is 305 Å². The molecule has 0 bridgehead atoms. The van der Waals surface area contributed by atoms with Crippen molar-refractivity contribution in [1.29, 1.82) is 0 Å². The van der Waals surface area contributed by atoms with Gasteiger partial charge in [-0.1, -0.05) is 234 Å². The summed E-state index contributed by atoms with van der Waals surface area (Å²) < 4.78 is 0. The first-order valence-corrected chi connectivity index (χ1v) is 32.3. The van der Waals surface area contributed by atoms with Crippen molar-refractivity contribution in [3.05, 3.63) is 0 Å². The highest BCUT2D eigenvalue weighted by Crippen LogP contribution is 2.23. The summed E-state index contributed by atoms with van der Waals surface area (Å²) in [7, 11) is 0. The number of rotatable bonds is 55. The van der Waals surface area contributed by atoms with Gasteiger partial charge in [0.2, 0.25) is 11.8 Å². The number of carbonyl (C=O) groups excluding carboxylic acids is 2. The summed E-state index contributed by atoms with van der Waals surface area (Å²) in [5.41, 5.74) is 0. The van der Waals surface area contributed by atoms with Gasteiger partial charge in [0.05, 0.1) is 24.4 Å². The first-order chi connectivity index (χ1) is 35.5. The quantitative estimate of drug-likeness (QED) is 0.0380. The van der Waals surface area contributed by atoms with Crippen LogP contribution in [-0.2, 0) is 9.59 Å². The van der Waals surface area contributed by atoms with Gasteiger partial charge in [-0.3, -0.25) is 14.5 Å². The normalized spacial score (nSPS) is 17.5. The standard InChI is InChI=1S/C63H126N4O6/c1-7-12-17-22-27-32-41-55(6)50-65(51-56(68)42-33-28-23-18-13-8-2)48-39-37-46-60-63(73)67(54-59(71)45-36-31-26-21-16-11-5)61(62(72)64-60)47-38-40-49-66(52-57(69)43-34-29-24-19-14-9-3)53-58(70)44-35-30-25-20-15-10-4/h55-61,68-71H,7-54H2,1-6H3,(H,64,72). The first-order valence-electron chi connectivity index (χ1n) is 32.3. The van der Waals surface area contributed by atoms with Crippen LogP contribution in [0.25, 0.3) is 0 Å². The summed E-state index contributed by atoms with van der Waals surface area (Å²) in [5, 5.41) is 48.0. The van der Waals surface area contributed by atoms with E-state index >= 15 is 0 Å². The third-order valence-electron chi connectivity index (χ3n) is 16.0. The maximum atomic E-state index is 14.4. The lowest BCUT2D eigenvalue weighted by Crippen LogP contribution is -2.64. The first kappa shape index (κ1) is 69.7. The Kier molecular flexibility index (Phi) is 46.8. The maximum absolute atomic E-state index is 14.4. The highest BCUT2D eigenvalue weighted by molar-refractivity contribution is 5.97. The Bertz CT molecular complexity index is 1180. The Morgan fingerprint density at radius 3 is 1.14 bits per heavy atom. The molecule has 434 valence electrons. The van der Waals surface area contributed by atoms with Crippen LogP contribution in [0.4, 0.5) is 0 Å². The predicted molar refractivity (Wildman–Crippen MR) is 311 cm³/mol. The molecule has 0 spiro atoms. The molecule has 1 saturated heterocycles. The molecule has 0 aromatic heterocycles. The Hall–Kier alpha value is -1.30. The van der Waals surface area contributed by atoms with Gasteiger partial charge in [0.25, 0.3) is 0 Å². The third-order valence-corrected chi connectivity index (χ3v) is 16.0. The van der Waals surface area contributed by atoms with Gasteiger partial charge in [-0.2, -0.15) is 0 Å². The number of carbonyl (C=O) groups is 2. The lowest BCUT2D eigenvalue weighted by molar-refractivity contribution is -0.151. The van der Waals surface area contributed by atoms with Crippen molar-refractivity contribution >= 4 is 11.8 Å². The van der Waals surface area contributed by atoms with E-state index in [1.807, 2.05) is 0 Å². The van der Waals surface area contributed by atoms with Crippen molar-refractivity contribution in [3.63, 3.8) is 0 Å². The molecule has 1 heterocycles. The van der Waals surface area contributed by atoms with Crippen LogP contribution in [0.3, 0.4) is 0 Å². The summed E-state index contributed by atoms with van der Waals surface area (Å²) in [6.07, 6.45) is 42.9. The van der Waals surface area contributed by atoms with Crippen LogP contribution in [0.5, 0.6) is 0 Å². The number of hydrogen-bond acceptors (Lipinski definition) is 8.